The summed E-state index contributed by atoms with van der Waals surface area (Å²) in [4.78, 5) is 16.0. The first-order valence-corrected chi connectivity index (χ1v) is 6.59. The number of carbonyl (C=O) groups excluding carboxylic acids is 1. The Morgan fingerprint density at radius 1 is 1.24 bits per heavy atom. The van der Waals surface area contributed by atoms with Crippen LogP contribution in [0.4, 0.5) is 4.39 Å². The molecule has 0 saturated heterocycles. The molecule has 4 nitrogen and oxygen atoms in total. The number of hydrogen-bond acceptors (Lipinski definition) is 3. The van der Waals surface area contributed by atoms with Crippen molar-refractivity contribution >= 4 is 17.0 Å². The van der Waals surface area contributed by atoms with Gasteiger partial charge in [0.15, 0.2) is 12.0 Å². The van der Waals surface area contributed by atoms with Crippen molar-refractivity contribution < 1.29 is 13.6 Å². The van der Waals surface area contributed by atoms with Crippen LogP contribution in [0.2, 0.25) is 0 Å². The molecule has 1 aromatic heterocycles. The second-order valence-corrected chi connectivity index (χ2v) is 4.63. The molecule has 0 fully saturated rings. The second-order valence-electron chi connectivity index (χ2n) is 4.63. The molecule has 3 aromatic rings. The molecule has 106 valence electrons. The van der Waals surface area contributed by atoms with Crippen LogP contribution in [0.25, 0.3) is 11.1 Å². The van der Waals surface area contributed by atoms with Crippen LogP contribution in [-0.4, -0.2) is 17.4 Å². The van der Waals surface area contributed by atoms with E-state index in [-0.39, 0.29) is 11.7 Å². The number of nitrogens with one attached hydrogen (secondary N) is 1. The van der Waals surface area contributed by atoms with E-state index in [1.807, 2.05) is 0 Å². The van der Waals surface area contributed by atoms with Gasteiger partial charge in [0.25, 0.3) is 5.91 Å². The van der Waals surface area contributed by atoms with Crippen molar-refractivity contribution in [1.82, 2.24) is 10.3 Å². The van der Waals surface area contributed by atoms with Gasteiger partial charge in [-0.15, -0.1) is 0 Å². The fourth-order valence-electron chi connectivity index (χ4n) is 2.11. The number of aromatic nitrogens is 1. The van der Waals surface area contributed by atoms with E-state index >= 15 is 0 Å². The first-order chi connectivity index (χ1) is 10.2. The summed E-state index contributed by atoms with van der Waals surface area (Å²) in [6.07, 6.45) is 1.79. The third kappa shape index (κ3) is 2.91. The molecular formula is C16H13FN2O2. The van der Waals surface area contributed by atoms with E-state index in [0.717, 1.165) is 0 Å². The van der Waals surface area contributed by atoms with Gasteiger partial charge in [-0.2, -0.15) is 0 Å². The molecule has 0 unspecified atom stereocenters. The SMILES string of the molecule is O=C(NCCc1ccccc1F)c1ccc2ncoc2c1. The van der Waals surface area contributed by atoms with E-state index < -0.39 is 0 Å². The van der Waals surface area contributed by atoms with Crippen molar-refractivity contribution in [3.8, 4) is 0 Å². The number of fused-ring (bicyclic) bond motifs is 1. The van der Waals surface area contributed by atoms with Crippen molar-refractivity contribution in [2.24, 2.45) is 0 Å². The van der Waals surface area contributed by atoms with Crippen LogP contribution in [0.5, 0.6) is 0 Å². The van der Waals surface area contributed by atoms with Crippen molar-refractivity contribution in [1.29, 1.82) is 0 Å². The fraction of sp³-hybridized carbons (Fsp3) is 0.125. The second kappa shape index (κ2) is 5.75. The maximum Gasteiger partial charge on any atom is 0.251 e. The van der Waals surface area contributed by atoms with Gasteiger partial charge in [0.05, 0.1) is 0 Å². The van der Waals surface area contributed by atoms with Gasteiger partial charge in [-0.25, -0.2) is 9.37 Å². The molecule has 1 heterocycles. The highest BCUT2D eigenvalue weighted by atomic mass is 19.1. The third-order valence-electron chi connectivity index (χ3n) is 3.23. The van der Waals surface area contributed by atoms with Crippen LogP contribution in [0, 0.1) is 5.82 Å². The molecule has 0 saturated carbocycles. The maximum atomic E-state index is 13.4. The molecular weight excluding hydrogens is 271 g/mol. The number of halogens is 1. The van der Waals surface area contributed by atoms with Crippen molar-refractivity contribution in [2.75, 3.05) is 6.54 Å². The lowest BCUT2D eigenvalue weighted by Gasteiger charge is -2.06. The predicted molar refractivity (Wildman–Crippen MR) is 76.4 cm³/mol. The van der Waals surface area contributed by atoms with Crippen LogP contribution in [0.1, 0.15) is 15.9 Å². The number of oxazole rings is 1. The Hall–Kier alpha value is -2.69. The van der Waals surface area contributed by atoms with E-state index in [4.69, 9.17) is 4.42 Å². The summed E-state index contributed by atoms with van der Waals surface area (Å²) in [5, 5.41) is 2.76. The Morgan fingerprint density at radius 3 is 2.95 bits per heavy atom. The lowest BCUT2D eigenvalue weighted by molar-refractivity contribution is 0.0954. The molecule has 0 atom stereocenters. The first kappa shape index (κ1) is 13.3. The zero-order valence-electron chi connectivity index (χ0n) is 11.2. The van der Waals surface area contributed by atoms with Gasteiger partial charge in [0.2, 0.25) is 0 Å². The van der Waals surface area contributed by atoms with Gasteiger partial charge in [0.1, 0.15) is 11.3 Å². The summed E-state index contributed by atoms with van der Waals surface area (Å²) < 4.78 is 18.6. The predicted octanol–water partition coefficient (Wildman–Crippen LogP) is 2.94. The zero-order valence-corrected chi connectivity index (χ0v) is 11.2. The molecule has 1 N–H and O–H groups in total. The minimum atomic E-state index is -0.255. The fourth-order valence-corrected chi connectivity index (χ4v) is 2.11. The highest BCUT2D eigenvalue weighted by Crippen LogP contribution is 2.14. The average Bonchev–Trinajstić information content (AvgIpc) is 2.96. The molecule has 1 amide bonds. The topological polar surface area (TPSA) is 55.1 Å². The Morgan fingerprint density at radius 2 is 2.10 bits per heavy atom. The summed E-state index contributed by atoms with van der Waals surface area (Å²) in [5.74, 6) is -0.473. The maximum absolute atomic E-state index is 13.4. The Balaban J connectivity index is 1.62. The number of amides is 1. The van der Waals surface area contributed by atoms with E-state index in [0.29, 0.717) is 35.2 Å². The van der Waals surface area contributed by atoms with Gasteiger partial charge in [0, 0.05) is 12.1 Å². The quantitative estimate of drug-likeness (QED) is 0.801. The molecule has 0 bridgehead atoms. The molecule has 3 rings (SSSR count). The third-order valence-corrected chi connectivity index (χ3v) is 3.23. The highest BCUT2D eigenvalue weighted by Gasteiger charge is 2.08. The smallest absolute Gasteiger partial charge is 0.251 e. The standard InChI is InChI=1S/C16H13FN2O2/c17-13-4-2-1-3-11(13)7-8-18-16(20)12-5-6-14-15(9-12)21-10-19-14/h1-6,9-10H,7-8H2,(H,18,20). The monoisotopic (exact) mass is 284 g/mol. The molecule has 0 spiro atoms. The summed E-state index contributed by atoms with van der Waals surface area (Å²) in [5.41, 5.74) is 2.35. The van der Waals surface area contributed by atoms with Gasteiger partial charge in [-0.3, -0.25) is 4.79 Å². The Bertz CT molecular complexity index is 783. The van der Waals surface area contributed by atoms with Gasteiger partial charge in [-0.1, -0.05) is 18.2 Å². The first-order valence-electron chi connectivity index (χ1n) is 6.59. The van der Waals surface area contributed by atoms with Crippen LogP contribution < -0.4 is 5.32 Å². The Labute approximate surface area is 120 Å². The number of nitrogens with zero attached hydrogens (tertiary/aromatic N) is 1. The lowest BCUT2D eigenvalue weighted by atomic mass is 10.1. The van der Waals surface area contributed by atoms with E-state index in [2.05, 4.69) is 10.3 Å². The van der Waals surface area contributed by atoms with Crippen molar-refractivity contribution in [2.45, 2.75) is 6.42 Å². The molecule has 2 aromatic carbocycles. The number of carbonyl (C=O) groups is 1. The van der Waals surface area contributed by atoms with Crippen LogP contribution >= 0.6 is 0 Å². The highest BCUT2D eigenvalue weighted by molar-refractivity contribution is 5.96. The van der Waals surface area contributed by atoms with Crippen LogP contribution in [0.3, 0.4) is 0 Å². The summed E-state index contributed by atoms with van der Waals surface area (Å²) in [6, 6.07) is 11.6. The van der Waals surface area contributed by atoms with Gasteiger partial charge in [-0.05, 0) is 36.2 Å². The minimum absolute atomic E-state index is 0.218. The van der Waals surface area contributed by atoms with Crippen molar-refractivity contribution in [3.05, 3.63) is 65.8 Å². The Kier molecular flexibility index (Phi) is 3.64. The zero-order chi connectivity index (χ0) is 14.7. The summed E-state index contributed by atoms with van der Waals surface area (Å²) >= 11 is 0. The van der Waals surface area contributed by atoms with E-state index in [1.165, 1.54) is 12.5 Å². The van der Waals surface area contributed by atoms with Gasteiger partial charge >= 0.3 is 0 Å². The summed E-state index contributed by atoms with van der Waals surface area (Å²) in [7, 11) is 0. The van der Waals surface area contributed by atoms with Gasteiger partial charge < -0.3 is 9.73 Å². The van der Waals surface area contributed by atoms with Crippen molar-refractivity contribution in [3.63, 3.8) is 0 Å². The van der Waals surface area contributed by atoms with E-state index in [1.54, 1.807) is 36.4 Å². The molecule has 0 aliphatic rings. The summed E-state index contributed by atoms with van der Waals surface area (Å²) in [6.45, 7) is 0.369. The molecule has 21 heavy (non-hydrogen) atoms. The number of benzene rings is 2. The number of hydrogen-bond donors (Lipinski definition) is 1. The minimum Gasteiger partial charge on any atom is -0.443 e. The molecule has 0 aliphatic heterocycles. The average molecular weight is 284 g/mol. The lowest BCUT2D eigenvalue weighted by Crippen LogP contribution is -2.25. The number of rotatable bonds is 4. The van der Waals surface area contributed by atoms with E-state index in [9.17, 15) is 9.18 Å². The van der Waals surface area contributed by atoms with Crippen LogP contribution in [0.15, 0.2) is 53.3 Å². The molecule has 0 aliphatic carbocycles. The molecule has 0 radical (unpaired) electrons. The van der Waals surface area contributed by atoms with Crippen LogP contribution in [-0.2, 0) is 6.42 Å². The molecule has 5 heteroatoms. The normalized spacial score (nSPS) is 10.7. The largest absolute Gasteiger partial charge is 0.443 e.